The number of rotatable bonds is 10. The van der Waals surface area contributed by atoms with Crippen LogP contribution in [0.1, 0.15) is 43.4 Å². The van der Waals surface area contributed by atoms with Gasteiger partial charge in [0.1, 0.15) is 5.82 Å². The fraction of sp³-hybridized carbons (Fsp3) is 0.250. The van der Waals surface area contributed by atoms with Crippen LogP contribution in [0, 0.1) is 15.9 Å². The Morgan fingerprint density at radius 3 is 2.74 bits per heavy atom. The van der Waals surface area contributed by atoms with Gasteiger partial charge in [0.15, 0.2) is 0 Å². The SMILES string of the molecule is CC/C=C(\C=C/C(C)SC)/C=C1\C=C(CC(=O)NCc2cccc([N+](=O)[O-])c2)c2cc(F)ccc21. The average molecular weight is 493 g/mol. The second-order valence-corrected chi connectivity index (χ2v) is 9.47. The first-order valence-electron chi connectivity index (χ1n) is 11.4. The Balaban J connectivity index is 1.81. The third-order valence-corrected chi connectivity index (χ3v) is 6.52. The number of benzene rings is 2. The van der Waals surface area contributed by atoms with Gasteiger partial charge in [0.25, 0.3) is 5.69 Å². The maximum Gasteiger partial charge on any atom is 0.269 e. The molecule has 0 radical (unpaired) electrons. The lowest BCUT2D eigenvalue weighted by atomic mass is 10.0. The van der Waals surface area contributed by atoms with Crippen LogP contribution in [0.4, 0.5) is 10.1 Å². The second-order valence-electron chi connectivity index (χ2n) is 8.25. The molecule has 1 aliphatic rings. The smallest absolute Gasteiger partial charge is 0.269 e. The summed E-state index contributed by atoms with van der Waals surface area (Å²) in [5.74, 6) is -0.594. The molecule has 5 nitrogen and oxygen atoms in total. The molecule has 1 unspecified atom stereocenters. The topological polar surface area (TPSA) is 72.2 Å². The average Bonchev–Trinajstić information content (AvgIpc) is 3.17. The van der Waals surface area contributed by atoms with Crippen LogP contribution in [0.15, 0.2) is 78.4 Å². The molecule has 35 heavy (non-hydrogen) atoms. The zero-order chi connectivity index (χ0) is 25.4. The summed E-state index contributed by atoms with van der Waals surface area (Å²) in [5, 5.41) is 14.2. The van der Waals surface area contributed by atoms with E-state index in [1.54, 1.807) is 30.0 Å². The lowest BCUT2D eigenvalue weighted by Crippen LogP contribution is -2.22. The molecule has 1 amide bonds. The number of halogens is 1. The lowest BCUT2D eigenvalue weighted by Gasteiger charge is -2.08. The Labute approximate surface area is 209 Å². The van der Waals surface area contributed by atoms with Crippen LogP contribution >= 0.6 is 11.8 Å². The van der Waals surface area contributed by atoms with Gasteiger partial charge in [0.2, 0.25) is 5.91 Å². The Morgan fingerprint density at radius 1 is 1.23 bits per heavy atom. The minimum atomic E-state index is -0.466. The quantitative estimate of drug-likeness (QED) is 0.223. The standard InChI is InChI=1S/C28H29FN2O3S/c1-4-6-20(10-9-19(2)35-3)13-22-15-23(27-17-24(29)11-12-26(22)27)16-28(32)30-18-21-7-5-8-25(14-21)31(33)34/h5-15,17,19H,4,16,18H2,1-3H3,(H,30,32)/b10-9-,20-6+,22-13+. The summed E-state index contributed by atoms with van der Waals surface area (Å²) < 4.78 is 14.1. The third-order valence-electron chi connectivity index (χ3n) is 5.62. The summed E-state index contributed by atoms with van der Waals surface area (Å²) >= 11 is 1.76. The van der Waals surface area contributed by atoms with Crippen molar-refractivity contribution >= 4 is 34.5 Å². The molecular weight excluding hydrogens is 463 g/mol. The highest BCUT2D eigenvalue weighted by molar-refractivity contribution is 7.99. The van der Waals surface area contributed by atoms with Gasteiger partial charge in [-0.25, -0.2) is 4.39 Å². The first kappa shape index (κ1) is 26.2. The Bertz CT molecular complexity index is 1230. The molecule has 2 aromatic rings. The van der Waals surface area contributed by atoms with E-state index in [9.17, 15) is 19.3 Å². The van der Waals surface area contributed by atoms with Crippen LogP contribution in [-0.2, 0) is 11.3 Å². The number of carbonyl (C=O) groups is 1. The monoisotopic (exact) mass is 492 g/mol. The van der Waals surface area contributed by atoms with Gasteiger partial charge in [-0.1, -0.05) is 43.4 Å². The third kappa shape index (κ3) is 7.26. The number of fused-ring (bicyclic) bond motifs is 1. The number of nitrogens with zero attached hydrogens (tertiary/aromatic N) is 1. The number of non-ortho nitro benzene ring substituents is 1. The van der Waals surface area contributed by atoms with Gasteiger partial charge in [-0.05, 0) is 77.3 Å². The molecule has 0 fully saturated rings. The molecule has 3 rings (SSSR count). The minimum Gasteiger partial charge on any atom is -0.352 e. The van der Waals surface area contributed by atoms with E-state index in [1.165, 1.54) is 24.3 Å². The molecule has 0 spiro atoms. The van der Waals surface area contributed by atoms with E-state index in [0.29, 0.717) is 16.4 Å². The largest absolute Gasteiger partial charge is 0.352 e. The van der Waals surface area contributed by atoms with Crippen molar-refractivity contribution in [1.82, 2.24) is 5.32 Å². The van der Waals surface area contributed by atoms with Gasteiger partial charge >= 0.3 is 0 Å². The molecule has 1 aliphatic carbocycles. The van der Waals surface area contributed by atoms with E-state index in [2.05, 4.69) is 49.7 Å². The number of amides is 1. The predicted molar refractivity (Wildman–Crippen MR) is 142 cm³/mol. The normalized spacial score (nSPS) is 15.3. The highest BCUT2D eigenvalue weighted by atomic mass is 32.2. The molecule has 0 aliphatic heterocycles. The number of nitro benzene ring substituents is 1. The summed E-state index contributed by atoms with van der Waals surface area (Å²) in [7, 11) is 0. The Morgan fingerprint density at radius 2 is 2.03 bits per heavy atom. The number of thioether (sulfide) groups is 1. The van der Waals surface area contributed by atoms with Crippen molar-refractivity contribution in [2.24, 2.45) is 0 Å². The molecule has 0 bridgehead atoms. The highest BCUT2D eigenvalue weighted by Gasteiger charge is 2.21. The molecule has 0 saturated heterocycles. The van der Waals surface area contributed by atoms with Crippen molar-refractivity contribution in [3.63, 3.8) is 0 Å². The van der Waals surface area contributed by atoms with Crippen LogP contribution in [0.2, 0.25) is 0 Å². The van der Waals surface area contributed by atoms with Crippen LogP contribution in [-0.4, -0.2) is 22.3 Å². The molecule has 2 aromatic carbocycles. The van der Waals surface area contributed by atoms with E-state index in [0.717, 1.165) is 28.7 Å². The van der Waals surface area contributed by atoms with Crippen molar-refractivity contribution in [3.8, 4) is 0 Å². The summed E-state index contributed by atoms with van der Waals surface area (Å²) in [6, 6.07) is 10.8. The van der Waals surface area contributed by atoms with Gasteiger partial charge < -0.3 is 5.32 Å². The van der Waals surface area contributed by atoms with E-state index in [1.807, 2.05) is 6.08 Å². The summed E-state index contributed by atoms with van der Waals surface area (Å²) in [5.41, 5.74) is 4.95. The maximum absolute atomic E-state index is 14.1. The van der Waals surface area contributed by atoms with Crippen molar-refractivity contribution in [1.29, 1.82) is 0 Å². The molecule has 0 saturated carbocycles. The van der Waals surface area contributed by atoms with Gasteiger partial charge in [-0.15, -0.1) is 0 Å². The van der Waals surface area contributed by atoms with E-state index in [-0.39, 0.29) is 30.4 Å². The van der Waals surface area contributed by atoms with Gasteiger partial charge in [0.05, 0.1) is 11.3 Å². The fourth-order valence-corrected chi connectivity index (χ4v) is 4.01. The van der Waals surface area contributed by atoms with E-state index in [4.69, 9.17) is 0 Å². The maximum atomic E-state index is 14.1. The molecule has 7 heteroatoms. The Hall–Kier alpha value is -3.45. The van der Waals surface area contributed by atoms with Crippen LogP contribution in [0.25, 0.3) is 11.1 Å². The number of nitro groups is 1. The van der Waals surface area contributed by atoms with Crippen molar-refractivity contribution in [3.05, 3.63) is 111 Å². The van der Waals surface area contributed by atoms with Crippen molar-refractivity contribution < 1.29 is 14.1 Å². The summed E-state index contributed by atoms with van der Waals surface area (Å²) in [6.07, 6.45) is 13.4. The van der Waals surface area contributed by atoms with E-state index >= 15 is 0 Å². The predicted octanol–water partition coefficient (Wildman–Crippen LogP) is 6.86. The highest BCUT2D eigenvalue weighted by Crippen LogP contribution is 2.38. The molecule has 0 aromatic heterocycles. The molecule has 1 N–H and O–H groups in total. The van der Waals surface area contributed by atoms with Crippen LogP contribution < -0.4 is 5.32 Å². The first-order valence-corrected chi connectivity index (χ1v) is 12.7. The van der Waals surface area contributed by atoms with Crippen LogP contribution in [0.3, 0.4) is 0 Å². The number of carbonyl (C=O) groups excluding carboxylic acids is 1. The van der Waals surface area contributed by atoms with E-state index < -0.39 is 4.92 Å². The second kappa shape index (κ2) is 12.3. The molecule has 1 atom stereocenters. The minimum absolute atomic E-state index is 0.0219. The molecule has 182 valence electrons. The zero-order valence-electron chi connectivity index (χ0n) is 20.1. The number of hydrogen-bond acceptors (Lipinski definition) is 4. The summed E-state index contributed by atoms with van der Waals surface area (Å²) in [4.78, 5) is 23.2. The number of nitrogens with one attached hydrogen (secondary N) is 1. The Kier molecular flexibility index (Phi) is 9.20. The van der Waals surface area contributed by atoms with Crippen molar-refractivity contribution in [2.75, 3.05) is 6.26 Å². The molecular formula is C28H29FN2O3S. The number of allylic oxidation sites excluding steroid dienone is 6. The number of hydrogen-bond donors (Lipinski definition) is 1. The first-order chi connectivity index (χ1) is 16.8. The van der Waals surface area contributed by atoms with Gasteiger partial charge in [-0.3, -0.25) is 14.9 Å². The summed E-state index contributed by atoms with van der Waals surface area (Å²) in [6.45, 7) is 4.39. The van der Waals surface area contributed by atoms with Gasteiger partial charge in [-0.2, -0.15) is 11.8 Å². The molecule has 0 heterocycles. The fourth-order valence-electron chi connectivity index (χ4n) is 3.77. The van der Waals surface area contributed by atoms with Gasteiger partial charge in [0, 0.05) is 23.9 Å². The zero-order valence-corrected chi connectivity index (χ0v) is 20.9. The lowest BCUT2D eigenvalue weighted by molar-refractivity contribution is -0.384. The van der Waals surface area contributed by atoms with Crippen molar-refractivity contribution in [2.45, 2.75) is 38.5 Å². The van der Waals surface area contributed by atoms with Crippen LogP contribution in [0.5, 0.6) is 0 Å².